The molecule has 10 heavy (non-hydrogen) atoms. The van der Waals surface area contributed by atoms with E-state index < -0.39 is 0 Å². The molecule has 0 aliphatic rings. The van der Waals surface area contributed by atoms with E-state index in [0.29, 0.717) is 5.82 Å². The number of amides is 2. The van der Waals surface area contributed by atoms with Crippen LogP contribution in [0.4, 0.5) is 10.6 Å². The summed E-state index contributed by atoms with van der Waals surface area (Å²) in [6.45, 7) is 0. The van der Waals surface area contributed by atoms with Crippen molar-refractivity contribution in [1.29, 1.82) is 0 Å². The molecule has 1 rings (SSSR count). The summed E-state index contributed by atoms with van der Waals surface area (Å²) in [6, 6.07) is 1.40. The van der Waals surface area contributed by atoms with Crippen LogP contribution in [-0.4, -0.2) is 23.3 Å². The normalized spacial score (nSPS) is 8.90. The van der Waals surface area contributed by atoms with Gasteiger partial charge >= 0.3 is 6.03 Å². The van der Waals surface area contributed by atoms with E-state index in [0.717, 1.165) is 0 Å². The molecule has 0 saturated heterocycles. The fourth-order valence-corrected chi connectivity index (χ4v) is 0.510. The quantitative estimate of drug-likeness (QED) is 0.520. The van der Waals surface area contributed by atoms with Crippen LogP contribution in [0.15, 0.2) is 12.3 Å². The van der Waals surface area contributed by atoms with Crippen molar-refractivity contribution in [3.63, 3.8) is 0 Å². The van der Waals surface area contributed by atoms with Crippen LogP contribution in [0.25, 0.3) is 0 Å². The van der Waals surface area contributed by atoms with Crippen LogP contribution >= 0.6 is 0 Å². The van der Waals surface area contributed by atoms with E-state index in [2.05, 4.69) is 20.8 Å². The highest BCUT2D eigenvalue weighted by Gasteiger charge is 1.96. The van der Waals surface area contributed by atoms with Crippen molar-refractivity contribution in [2.24, 2.45) is 0 Å². The lowest BCUT2D eigenvalue weighted by Crippen LogP contribution is -2.24. The average Bonchev–Trinajstić information content (AvgIpc) is 2.40. The molecule has 5 heteroatoms. The van der Waals surface area contributed by atoms with Gasteiger partial charge in [0.25, 0.3) is 0 Å². The zero-order valence-electron chi connectivity index (χ0n) is 5.51. The molecular formula is C5H8N4O. The Labute approximate surface area is 57.8 Å². The molecule has 1 heterocycles. The Morgan fingerprint density at radius 3 is 3.10 bits per heavy atom. The third-order valence-electron chi connectivity index (χ3n) is 0.976. The highest BCUT2D eigenvalue weighted by molar-refractivity contribution is 5.87. The molecule has 0 atom stereocenters. The first-order chi connectivity index (χ1) is 4.83. The number of carbonyl (C=O) groups is 1. The third kappa shape index (κ3) is 1.48. The van der Waals surface area contributed by atoms with E-state index in [4.69, 9.17) is 0 Å². The van der Waals surface area contributed by atoms with Crippen LogP contribution in [0, 0.1) is 0 Å². The van der Waals surface area contributed by atoms with Gasteiger partial charge in [0.05, 0.1) is 6.20 Å². The van der Waals surface area contributed by atoms with Crippen LogP contribution in [0.5, 0.6) is 0 Å². The van der Waals surface area contributed by atoms with Gasteiger partial charge in [-0.3, -0.25) is 10.4 Å². The number of aromatic amines is 1. The molecule has 2 amide bonds. The molecule has 0 fully saturated rings. The number of nitrogens with one attached hydrogen (secondary N) is 3. The van der Waals surface area contributed by atoms with Crippen LogP contribution in [0.1, 0.15) is 0 Å². The highest BCUT2D eigenvalue weighted by atomic mass is 16.2. The molecule has 0 bridgehead atoms. The molecule has 0 spiro atoms. The van der Waals surface area contributed by atoms with Crippen molar-refractivity contribution in [3.8, 4) is 0 Å². The molecule has 54 valence electrons. The topological polar surface area (TPSA) is 69.8 Å². The Bertz CT molecular complexity index is 205. The number of hydrogen-bond acceptors (Lipinski definition) is 2. The zero-order chi connectivity index (χ0) is 7.40. The van der Waals surface area contributed by atoms with Crippen molar-refractivity contribution in [2.75, 3.05) is 12.4 Å². The van der Waals surface area contributed by atoms with Crippen LogP contribution in [-0.2, 0) is 0 Å². The Morgan fingerprint density at radius 2 is 2.60 bits per heavy atom. The number of hydrogen-bond donors (Lipinski definition) is 3. The molecule has 0 aliphatic carbocycles. The lowest BCUT2D eigenvalue weighted by Gasteiger charge is -1.98. The smallest absolute Gasteiger partial charge is 0.320 e. The molecule has 0 saturated carbocycles. The SMILES string of the molecule is CNC(=O)Nc1ccn[nH]1. The minimum absolute atomic E-state index is 0.260. The maximum Gasteiger partial charge on any atom is 0.320 e. The molecule has 0 radical (unpaired) electrons. The van der Waals surface area contributed by atoms with Gasteiger partial charge in [0.15, 0.2) is 0 Å². The zero-order valence-corrected chi connectivity index (χ0v) is 5.51. The number of H-pyrrole nitrogens is 1. The number of rotatable bonds is 1. The number of aromatic nitrogens is 2. The molecule has 0 aromatic carbocycles. The lowest BCUT2D eigenvalue weighted by molar-refractivity contribution is 0.254. The van der Waals surface area contributed by atoms with E-state index in [-0.39, 0.29) is 6.03 Å². The number of carbonyl (C=O) groups excluding carboxylic acids is 1. The second kappa shape index (κ2) is 2.86. The molecule has 0 aliphatic heterocycles. The van der Waals surface area contributed by atoms with Gasteiger partial charge in [0.2, 0.25) is 0 Å². The Balaban J connectivity index is 2.48. The van der Waals surface area contributed by atoms with Crippen LogP contribution in [0.3, 0.4) is 0 Å². The highest BCUT2D eigenvalue weighted by Crippen LogP contribution is 1.96. The van der Waals surface area contributed by atoms with Gasteiger partial charge < -0.3 is 5.32 Å². The fraction of sp³-hybridized carbons (Fsp3) is 0.200. The molecular weight excluding hydrogens is 132 g/mol. The first kappa shape index (κ1) is 6.60. The first-order valence-corrected chi connectivity index (χ1v) is 2.81. The van der Waals surface area contributed by atoms with Gasteiger partial charge in [0.1, 0.15) is 5.82 Å². The van der Waals surface area contributed by atoms with Crippen LogP contribution < -0.4 is 10.6 Å². The summed E-state index contributed by atoms with van der Waals surface area (Å²) in [5.41, 5.74) is 0. The third-order valence-corrected chi connectivity index (χ3v) is 0.976. The van der Waals surface area contributed by atoms with E-state index in [1.165, 1.54) is 0 Å². The fourth-order valence-electron chi connectivity index (χ4n) is 0.510. The summed E-state index contributed by atoms with van der Waals surface area (Å²) in [5.74, 6) is 0.583. The minimum atomic E-state index is -0.260. The number of urea groups is 1. The van der Waals surface area contributed by atoms with Gasteiger partial charge in [-0.1, -0.05) is 0 Å². The predicted octanol–water partition coefficient (Wildman–Crippen LogP) is 0.161. The van der Waals surface area contributed by atoms with Crippen molar-refractivity contribution in [2.45, 2.75) is 0 Å². The number of nitrogens with zero attached hydrogens (tertiary/aromatic N) is 1. The second-order valence-corrected chi connectivity index (χ2v) is 1.67. The maximum absolute atomic E-state index is 10.6. The van der Waals surface area contributed by atoms with Gasteiger partial charge in [-0.05, 0) is 0 Å². The van der Waals surface area contributed by atoms with E-state index in [9.17, 15) is 4.79 Å². The van der Waals surface area contributed by atoms with Crippen molar-refractivity contribution in [1.82, 2.24) is 15.5 Å². The van der Waals surface area contributed by atoms with Gasteiger partial charge in [-0.2, -0.15) is 5.10 Å². The summed E-state index contributed by atoms with van der Waals surface area (Å²) < 4.78 is 0. The Hall–Kier alpha value is -1.52. The monoisotopic (exact) mass is 140 g/mol. The largest absolute Gasteiger partial charge is 0.341 e. The molecule has 0 unspecified atom stereocenters. The lowest BCUT2D eigenvalue weighted by atomic mass is 10.6. The van der Waals surface area contributed by atoms with E-state index in [1.807, 2.05) is 0 Å². The van der Waals surface area contributed by atoms with Gasteiger partial charge in [-0.15, -0.1) is 0 Å². The van der Waals surface area contributed by atoms with Crippen molar-refractivity contribution < 1.29 is 4.79 Å². The molecule has 1 aromatic rings. The van der Waals surface area contributed by atoms with Gasteiger partial charge in [-0.25, -0.2) is 4.79 Å². The Morgan fingerprint density at radius 1 is 1.80 bits per heavy atom. The standard InChI is InChI=1S/C5H8N4O/c1-6-5(10)8-4-2-3-7-9-4/h2-3H,1H3,(H3,6,7,8,9,10). The van der Waals surface area contributed by atoms with Crippen molar-refractivity contribution >= 4 is 11.8 Å². The molecule has 1 aromatic heterocycles. The van der Waals surface area contributed by atoms with Crippen LogP contribution in [0.2, 0.25) is 0 Å². The number of anilines is 1. The second-order valence-electron chi connectivity index (χ2n) is 1.67. The van der Waals surface area contributed by atoms with E-state index in [1.54, 1.807) is 19.3 Å². The van der Waals surface area contributed by atoms with Crippen molar-refractivity contribution in [3.05, 3.63) is 12.3 Å². The molecule has 5 nitrogen and oxygen atoms in total. The summed E-state index contributed by atoms with van der Waals surface area (Å²) in [4.78, 5) is 10.6. The van der Waals surface area contributed by atoms with E-state index >= 15 is 0 Å². The molecule has 3 N–H and O–H groups in total. The predicted molar refractivity (Wildman–Crippen MR) is 36.7 cm³/mol. The average molecular weight is 140 g/mol. The Kier molecular flexibility index (Phi) is 1.89. The maximum atomic E-state index is 10.6. The summed E-state index contributed by atoms with van der Waals surface area (Å²) in [7, 11) is 1.55. The summed E-state index contributed by atoms with van der Waals surface area (Å²) in [6.07, 6.45) is 1.56. The summed E-state index contributed by atoms with van der Waals surface area (Å²) in [5, 5.41) is 11.1. The van der Waals surface area contributed by atoms with Gasteiger partial charge in [0, 0.05) is 13.1 Å². The first-order valence-electron chi connectivity index (χ1n) is 2.81. The minimum Gasteiger partial charge on any atom is -0.341 e. The summed E-state index contributed by atoms with van der Waals surface area (Å²) >= 11 is 0.